The maximum Gasteiger partial charge on any atom is 0.137 e. The Balaban J connectivity index is 2.23. The number of benzene rings is 1. The van der Waals surface area contributed by atoms with Gasteiger partial charge >= 0.3 is 0 Å². The van der Waals surface area contributed by atoms with Crippen molar-refractivity contribution in [2.75, 3.05) is 0 Å². The molecule has 0 heterocycles. The zero-order valence-electron chi connectivity index (χ0n) is 6.84. The molecule has 1 nitrogen and oxygen atoms in total. The van der Waals surface area contributed by atoms with E-state index in [1.165, 1.54) is 6.07 Å². The Morgan fingerprint density at radius 1 is 1.54 bits per heavy atom. The van der Waals surface area contributed by atoms with Crippen LogP contribution in [0.15, 0.2) is 22.7 Å². The molecule has 1 aromatic rings. The van der Waals surface area contributed by atoms with Crippen molar-refractivity contribution in [2.24, 2.45) is 5.92 Å². The molecule has 0 spiro atoms. The molecule has 0 aliphatic heterocycles. The number of carbonyl (C=O) groups is 1. The fourth-order valence-corrected chi connectivity index (χ4v) is 1.89. The molecule has 0 aromatic heterocycles. The molecule has 1 fully saturated rings. The van der Waals surface area contributed by atoms with Gasteiger partial charge in [0.15, 0.2) is 0 Å². The Morgan fingerprint density at radius 3 is 2.85 bits per heavy atom. The highest BCUT2D eigenvalue weighted by Gasteiger charge is 2.38. The van der Waals surface area contributed by atoms with Gasteiger partial charge in [0, 0.05) is 5.92 Å². The van der Waals surface area contributed by atoms with E-state index in [4.69, 9.17) is 0 Å². The smallest absolute Gasteiger partial charge is 0.137 e. The first-order chi connectivity index (χ1) is 6.22. The zero-order chi connectivity index (χ0) is 9.42. The fourth-order valence-electron chi connectivity index (χ4n) is 1.49. The average Bonchev–Trinajstić information content (AvgIpc) is 2.88. The van der Waals surface area contributed by atoms with Gasteiger partial charge in [-0.05, 0) is 46.0 Å². The Kier molecular flexibility index (Phi) is 2.20. The summed E-state index contributed by atoms with van der Waals surface area (Å²) in [7, 11) is 0. The van der Waals surface area contributed by atoms with Gasteiger partial charge in [0.05, 0.1) is 4.47 Å². The molecule has 3 heteroatoms. The lowest BCUT2D eigenvalue weighted by atomic mass is 10.1. The van der Waals surface area contributed by atoms with Crippen molar-refractivity contribution in [3.05, 3.63) is 34.1 Å². The molecule has 13 heavy (non-hydrogen) atoms. The molecule has 1 aliphatic carbocycles. The van der Waals surface area contributed by atoms with Crippen LogP contribution in [0, 0.1) is 11.7 Å². The van der Waals surface area contributed by atoms with E-state index in [-0.39, 0.29) is 11.7 Å². The molecule has 1 aliphatic rings. The van der Waals surface area contributed by atoms with Crippen molar-refractivity contribution < 1.29 is 9.18 Å². The summed E-state index contributed by atoms with van der Waals surface area (Å²) >= 11 is 3.12. The second-order valence-electron chi connectivity index (χ2n) is 3.32. The van der Waals surface area contributed by atoms with Gasteiger partial charge in [-0.1, -0.05) is 6.07 Å². The van der Waals surface area contributed by atoms with Crippen LogP contribution in [0.3, 0.4) is 0 Å². The fraction of sp³-hybridized carbons (Fsp3) is 0.300. The van der Waals surface area contributed by atoms with E-state index >= 15 is 0 Å². The largest absolute Gasteiger partial charge is 0.303 e. The number of halogens is 2. The maximum atomic E-state index is 12.8. The number of hydrogen-bond acceptors (Lipinski definition) is 1. The molecule has 0 radical (unpaired) electrons. The Hall–Kier alpha value is -0.700. The third-order valence-corrected chi connectivity index (χ3v) is 2.99. The Labute approximate surface area is 84.1 Å². The lowest BCUT2D eigenvalue weighted by Crippen LogP contribution is -1.86. The minimum Gasteiger partial charge on any atom is -0.303 e. The zero-order valence-corrected chi connectivity index (χ0v) is 8.42. The lowest BCUT2D eigenvalue weighted by molar-refractivity contribution is -0.108. The summed E-state index contributed by atoms with van der Waals surface area (Å²) in [5.41, 5.74) is 1.05. The van der Waals surface area contributed by atoms with Crippen molar-refractivity contribution in [3.63, 3.8) is 0 Å². The normalized spacial score (nSPS) is 25.7. The van der Waals surface area contributed by atoms with E-state index in [9.17, 15) is 9.18 Å². The molecular weight excluding hydrogens is 235 g/mol. The second kappa shape index (κ2) is 3.22. The molecule has 0 saturated heterocycles. The average molecular weight is 243 g/mol. The first-order valence-corrected chi connectivity index (χ1v) is 4.92. The minimum absolute atomic E-state index is 0.150. The molecule has 68 valence electrons. The van der Waals surface area contributed by atoms with Gasteiger partial charge in [0.25, 0.3) is 0 Å². The number of aldehydes is 1. The van der Waals surface area contributed by atoms with Crippen molar-refractivity contribution in [1.82, 2.24) is 0 Å². The number of carbonyl (C=O) groups excluding carboxylic acids is 1. The Morgan fingerprint density at radius 2 is 2.31 bits per heavy atom. The quantitative estimate of drug-likeness (QED) is 0.730. The summed E-state index contributed by atoms with van der Waals surface area (Å²) in [6.45, 7) is 0. The Bertz CT molecular complexity index is 351. The van der Waals surface area contributed by atoms with Gasteiger partial charge < -0.3 is 4.79 Å². The van der Waals surface area contributed by atoms with Crippen LogP contribution in [0.5, 0.6) is 0 Å². The van der Waals surface area contributed by atoms with Crippen molar-refractivity contribution in [1.29, 1.82) is 0 Å². The van der Waals surface area contributed by atoms with E-state index in [2.05, 4.69) is 15.9 Å². The highest BCUT2D eigenvalue weighted by atomic mass is 79.9. The SMILES string of the molecule is O=CC1CC1c1ccc(F)c(Br)c1. The maximum absolute atomic E-state index is 12.8. The van der Waals surface area contributed by atoms with E-state index < -0.39 is 0 Å². The summed E-state index contributed by atoms with van der Waals surface area (Å²) in [5.74, 6) is 0.207. The standard InChI is InChI=1S/C10H8BrFO/c11-9-4-6(1-2-10(9)12)8-3-7(8)5-13/h1-2,4-5,7-8H,3H2. The first kappa shape index (κ1) is 8.88. The van der Waals surface area contributed by atoms with Gasteiger partial charge in [-0.3, -0.25) is 0 Å². The lowest BCUT2D eigenvalue weighted by Gasteiger charge is -1.99. The van der Waals surface area contributed by atoms with Crippen LogP contribution in [0.25, 0.3) is 0 Å². The van der Waals surface area contributed by atoms with Crippen LogP contribution in [0.2, 0.25) is 0 Å². The van der Waals surface area contributed by atoms with E-state index in [0.29, 0.717) is 10.4 Å². The molecule has 2 rings (SSSR count). The van der Waals surface area contributed by atoms with Crippen LogP contribution < -0.4 is 0 Å². The molecule has 1 aromatic carbocycles. The molecule has 2 unspecified atom stereocenters. The second-order valence-corrected chi connectivity index (χ2v) is 4.17. The predicted molar refractivity (Wildman–Crippen MR) is 51.0 cm³/mol. The van der Waals surface area contributed by atoms with Gasteiger partial charge in [0.2, 0.25) is 0 Å². The number of hydrogen-bond donors (Lipinski definition) is 0. The van der Waals surface area contributed by atoms with Gasteiger partial charge in [-0.15, -0.1) is 0 Å². The number of rotatable bonds is 2. The van der Waals surface area contributed by atoms with Crippen LogP contribution in [-0.2, 0) is 4.79 Å². The van der Waals surface area contributed by atoms with E-state index in [1.54, 1.807) is 12.1 Å². The molecule has 0 N–H and O–H groups in total. The molecule has 2 atom stereocenters. The van der Waals surface area contributed by atoms with Crippen molar-refractivity contribution in [2.45, 2.75) is 12.3 Å². The van der Waals surface area contributed by atoms with Crippen molar-refractivity contribution >= 4 is 22.2 Å². The van der Waals surface area contributed by atoms with Gasteiger partial charge in [0.1, 0.15) is 12.1 Å². The van der Waals surface area contributed by atoms with Crippen molar-refractivity contribution in [3.8, 4) is 0 Å². The van der Waals surface area contributed by atoms with Gasteiger partial charge in [-0.25, -0.2) is 4.39 Å². The van der Waals surface area contributed by atoms with Crippen LogP contribution in [-0.4, -0.2) is 6.29 Å². The molecular formula is C10H8BrFO. The summed E-state index contributed by atoms with van der Waals surface area (Å²) in [6.07, 6.45) is 1.88. The summed E-state index contributed by atoms with van der Waals surface area (Å²) in [6, 6.07) is 4.93. The molecule has 0 bridgehead atoms. The summed E-state index contributed by atoms with van der Waals surface area (Å²) < 4.78 is 13.3. The third-order valence-electron chi connectivity index (χ3n) is 2.39. The topological polar surface area (TPSA) is 17.1 Å². The van der Waals surface area contributed by atoms with E-state index in [1.807, 2.05) is 0 Å². The van der Waals surface area contributed by atoms with Crippen LogP contribution in [0.4, 0.5) is 4.39 Å². The highest BCUT2D eigenvalue weighted by Crippen LogP contribution is 2.46. The monoisotopic (exact) mass is 242 g/mol. The predicted octanol–water partition coefficient (Wildman–Crippen LogP) is 2.89. The minimum atomic E-state index is -0.257. The summed E-state index contributed by atoms with van der Waals surface area (Å²) in [4.78, 5) is 10.4. The highest BCUT2D eigenvalue weighted by molar-refractivity contribution is 9.10. The molecule has 0 amide bonds. The van der Waals surface area contributed by atoms with Crippen LogP contribution >= 0.6 is 15.9 Å². The third kappa shape index (κ3) is 1.66. The first-order valence-electron chi connectivity index (χ1n) is 4.12. The van der Waals surface area contributed by atoms with E-state index in [0.717, 1.165) is 18.3 Å². The van der Waals surface area contributed by atoms with Crippen LogP contribution in [0.1, 0.15) is 17.9 Å². The summed E-state index contributed by atoms with van der Waals surface area (Å²) in [5, 5.41) is 0. The molecule has 1 saturated carbocycles. The van der Waals surface area contributed by atoms with Gasteiger partial charge in [-0.2, -0.15) is 0 Å².